The van der Waals surface area contributed by atoms with Gasteiger partial charge < -0.3 is 25.4 Å². The van der Waals surface area contributed by atoms with Gasteiger partial charge in [0.15, 0.2) is 11.9 Å². The summed E-state index contributed by atoms with van der Waals surface area (Å²) in [6.45, 7) is 1.43. The van der Waals surface area contributed by atoms with Gasteiger partial charge in [0.1, 0.15) is 36.3 Å². The van der Waals surface area contributed by atoms with Gasteiger partial charge in [0.25, 0.3) is 0 Å². The topological polar surface area (TPSA) is 166 Å². The number of nitrogens with two attached hydrogens (primary N) is 1. The van der Waals surface area contributed by atoms with Gasteiger partial charge in [-0.05, 0) is 0 Å². The summed E-state index contributed by atoms with van der Waals surface area (Å²) >= 11 is 0. The van der Waals surface area contributed by atoms with E-state index in [0.717, 1.165) is 0 Å². The Kier molecular flexibility index (Phi) is 4.22. The maximum Gasteiger partial charge on any atom is 0.348 e. The first-order valence-electron chi connectivity index (χ1n) is 7.32. The zero-order valence-corrected chi connectivity index (χ0v) is 12.7. The Hall–Kier alpha value is -2.50. The highest BCUT2D eigenvalue weighted by Crippen LogP contribution is 2.31. The Morgan fingerprint density at radius 3 is 2.96 bits per heavy atom. The maximum absolute atomic E-state index is 11.5. The number of anilines is 1. The molecule has 2 aromatic heterocycles. The van der Waals surface area contributed by atoms with Crippen molar-refractivity contribution in [1.82, 2.24) is 19.5 Å². The van der Waals surface area contributed by atoms with Crippen LogP contribution >= 0.6 is 0 Å². The van der Waals surface area contributed by atoms with E-state index in [0.29, 0.717) is 0 Å². The van der Waals surface area contributed by atoms with Crippen LogP contribution in [-0.4, -0.2) is 60.6 Å². The average Bonchev–Trinajstić information content (AvgIpc) is 3.08. The molecule has 130 valence electrons. The van der Waals surface area contributed by atoms with Crippen LogP contribution in [0, 0.1) is 0 Å². The van der Waals surface area contributed by atoms with E-state index in [1.54, 1.807) is 6.92 Å². The van der Waals surface area contributed by atoms with Crippen molar-refractivity contribution in [1.29, 1.82) is 0 Å². The number of aromatic nitrogens is 4. The van der Waals surface area contributed by atoms with Gasteiger partial charge in [-0.25, -0.2) is 9.78 Å². The number of carbonyl (C=O) groups excluding carboxylic acids is 1. The summed E-state index contributed by atoms with van der Waals surface area (Å²) in [7, 11) is 0. The number of H-pyrrole nitrogens is 1. The largest absolute Gasteiger partial charge is 0.463 e. The molecule has 4 atom stereocenters. The number of nitrogens with one attached hydrogen (secondary N) is 1. The molecule has 0 unspecified atom stereocenters. The minimum atomic E-state index is -1.32. The zero-order valence-electron chi connectivity index (χ0n) is 12.7. The lowest BCUT2D eigenvalue weighted by Gasteiger charge is -2.16. The minimum Gasteiger partial charge on any atom is -0.463 e. The molecule has 2 aromatic rings. The molecule has 0 spiro atoms. The lowest BCUT2D eigenvalue weighted by molar-refractivity contribution is -0.149. The molecule has 1 aliphatic rings. The number of esters is 1. The van der Waals surface area contributed by atoms with E-state index in [9.17, 15) is 19.8 Å². The predicted molar refractivity (Wildman–Crippen MR) is 79.7 cm³/mol. The van der Waals surface area contributed by atoms with Gasteiger partial charge in [-0.15, -0.1) is 0 Å². The number of hydrogen-bond donors (Lipinski definition) is 4. The van der Waals surface area contributed by atoms with Crippen LogP contribution in [0.15, 0.2) is 11.1 Å². The Labute approximate surface area is 135 Å². The monoisotopic (exact) mass is 339 g/mol. The summed E-state index contributed by atoms with van der Waals surface area (Å²) in [5.74, 6) is -0.414. The molecule has 0 aliphatic carbocycles. The van der Waals surface area contributed by atoms with Crippen molar-refractivity contribution in [3.8, 4) is 0 Å². The highest BCUT2D eigenvalue weighted by atomic mass is 16.6. The molecular weight excluding hydrogens is 322 g/mol. The number of aliphatic hydroxyl groups excluding tert-OH is 2. The molecule has 1 fully saturated rings. The van der Waals surface area contributed by atoms with Crippen LogP contribution < -0.4 is 11.4 Å². The van der Waals surface area contributed by atoms with E-state index in [1.165, 1.54) is 10.9 Å². The quantitative estimate of drug-likeness (QED) is 0.474. The van der Waals surface area contributed by atoms with Gasteiger partial charge >= 0.3 is 11.7 Å². The summed E-state index contributed by atoms with van der Waals surface area (Å²) in [5, 5.41) is 20.3. The second-order valence-electron chi connectivity index (χ2n) is 5.36. The number of hydrogen-bond acceptors (Lipinski definition) is 9. The van der Waals surface area contributed by atoms with E-state index in [4.69, 9.17) is 15.2 Å². The molecule has 0 amide bonds. The van der Waals surface area contributed by atoms with Gasteiger partial charge in [0.2, 0.25) is 0 Å². The van der Waals surface area contributed by atoms with Crippen LogP contribution in [0.2, 0.25) is 0 Å². The van der Waals surface area contributed by atoms with Crippen molar-refractivity contribution >= 4 is 23.0 Å². The summed E-state index contributed by atoms with van der Waals surface area (Å²) in [4.78, 5) is 32.8. The summed E-state index contributed by atoms with van der Waals surface area (Å²) < 4.78 is 11.8. The number of aromatic amines is 1. The van der Waals surface area contributed by atoms with Gasteiger partial charge in [-0.2, -0.15) is 4.98 Å². The lowest BCUT2D eigenvalue weighted by Crippen LogP contribution is -2.34. The van der Waals surface area contributed by atoms with E-state index in [2.05, 4.69) is 15.0 Å². The third kappa shape index (κ3) is 2.72. The van der Waals surface area contributed by atoms with Crippen molar-refractivity contribution in [2.75, 3.05) is 12.3 Å². The fourth-order valence-electron chi connectivity index (χ4n) is 2.51. The number of rotatable bonds is 4. The molecule has 24 heavy (non-hydrogen) atoms. The van der Waals surface area contributed by atoms with E-state index >= 15 is 0 Å². The standard InChI is InChI=1S/C13H17N5O6/c1-2-6(19)23-3-5-8(20)9(21)12(24-5)18-4-15-7-10(14)16-13(22)17-11(7)18/h4-5,8-9,12,20-21H,2-3H2,1H3,(H3,14,16,17,22)/t5-,8-,9-,12-/m1/s1. The van der Waals surface area contributed by atoms with E-state index in [1.807, 2.05) is 0 Å². The van der Waals surface area contributed by atoms with Gasteiger partial charge in [0, 0.05) is 6.42 Å². The van der Waals surface area contributed by atoms with Crippen LogP contribution in [0.3, 0.4) is 0 Å². The van der Waals surface area contributed by atoms with Gasteiger partial charge in [0.05, 0.1) is 6.33 Å². The molecule has 5 N–H and O–H groups in total. The van der Waals surface area contributed by atoms with Crippen LogP contribution in [0.5, 0.6) is 0 Å². The van der Waals surface area contributed by atoms with Gasteiger partial charge in [-0.3, -0.25) is 14.3 Å². The highest BCUT2D eigenvalue weighted by Gasteiger charge is 2.44. The van der Waals surface area contributed by atoms with Gasteiger partial charge in [-0.1, -0.05) is 6.92 Å². The van der Waals surface area contributed by atoms with Crippen LogP contribution in [0.1, 0.15) is 19.6 Å². The molecule has 11 heteroatoms. The maximum atomic E-state index is 11.5. The minimum absolute atomic E-state index is 0.0326. The molecule has 1 aliphatic heterocycles. The lowest BCUT2D eigenvalue weighted by atomic mass is 10.1. The number of aliphatic hydroxyl groups is 2. The zero-order chi connectivity index (χ0) is 17.4. The van der Waals surface area contributed by atoms with Crippen LogP contribution in [0.4, 0.5) is 5.82 Å². The summed E-state index contributed by atoms with van der Waals surface area (Å²) in [5.41, 5.74) is 5.34. The Balaban J connectivity index is 1.87. The van der Waals surface area contributed by atoms with E-state index < -0.39 is 36.2 Å². The molecule has 3 heterocycles. The summed E-state index contributed by atoms with van der Waals surface area (Å²) in [6.07, 6.45) is -3.09. The number of ether oxygens (including phenoxy) is 2. The second kappa shape index (κ2) is 6.19. The first kappa shape index (κ1) is 16.4. The third-order valence-electron chi connectivity index (χ3n) is 3.78. The number of fused-ring (bicyclic) bond motifs is 1. The molecule has 3 rings (SSSR count). The Morgan fingerprint density at radius 1 is 1.50 bits per heavy atom. The number of nitrogens with zero attached hydrogens (tertiary/aromatic N) is 3. The smallest absolute Gasteiger partial charge is 0.348 e. The van der Waals surface area contributed by atoms with Crippen molar-refractivity contribution < 1.29 is 24.5 Å². The summed E-state index contributed by atoms with van der Waals surface area (Å²) in [6, 6.07) is 0. The predicted octanol–water partition coefficient (Wildman–Crippen LogP) is -1.73. The molecule has 11 nitrogen and oxygen atoms in total. The molecule has 0 radical (unpaired) electrons. The van der Waals surface area contributed by atoms with Crippen molar-refractivity contribution in [2.45, 2.75) is 37.9 Å². The Bertz CT molecular complexity index is 817. The molecule has 1 saturated heterocycles. The average molecular weight is 339 g/mol. The first-order chi connectivity index (χ1) is 11.4. The molecule has 0 aromatic carbocycles. The van der Waals surface area contributed by atoms with Crippen molar-refractivity contribution in [3.63, 3.8) is 0 Å². The second-order valence-corrected chi connectivity index (χ2v) is 5.36. The third-order valence-corrected chi connectivity index (χ3v) is 3.78. The van der Waals surface area contributed by atoms with Crippen LogP contribution in [-0.2, 0) is 14.3 Å². The Morgan fingerprint density at radius 2 is 2.25 bits per heavy atom. The van der Waals surface area contributed by atoms with E-state index in [-0.39, 0.29) is 30.0 Å². The fourth-order valence-corrected chi connectivity index (χ4v) is 2.51. The highest BCUT2D eigenvalue weighted by molar-refractivity contribution is 5.81. The number of imidazole rings is 1. The molecule has 0 bridgehead atoms. The molecule has 0 saturated carbocycles. The normalized spacial score (nSPS) is 26.8. The first-order valence-corrected chi connectivity index (χ1v) is 7.32. The van der Waals surface area contributed by atoms with Crippen molar-refractivity contribution in [3.05, 3.63) is 16.8 Å². The fraction of sp³-hybridized carbons (Fsp3) is 0.538. The van der Waals surface area contributed by atoms with Crippen molar-refractivity contribution in [2.24, 2.45) is 0 Å². The molecular formula is C13H17N5O6. The number of carbonyl (C=O) groups is 1. The SMILES string of the molecule is CCC(=O)OC[C@H]1O[C@@H](n2cnc3c(N)[nH]c(=O)nc32)[C@H](O)[C@@H]1O. The number of nitrogen functional groups attached to an aromatic ring is 1. The van der Waals surface area contributed by atoms with Crippen LogP contribution in [0.25, 0.3) is 11.2 Å².